The number of hydrogen-bond donors (Lipinski definition) is 1. The minimum atomic E-state index is 0.736. The van der Waals surface area contributed by atoms with Gasteiger partial charge in [-0.15, -0.1) is 0 Å². The Bertz CT molecular complexity index is 347. The Morgan fingerprint density at radius 1 is 1.11 bits per heavy atom. The Morgan fingerprint density at radius 2 is 1.83 bits per heavy atom. The lowest BCUT2D eigenvalue weighted by Gasteiger charge is -2.13. The van der Waals surface area contributed by atoms with Crippen molar-refractivity contribution in [3.8, 4) is 0 Å². The van der Waals surface area contributed by atoms with Crippen LogP contribution in [0, 0.1) is 0 Å². The van der Waals surface area contributed by atoms with E-state index in [-0.39, 0.29) is 0 Å². The monoisotopic (exact) mass is 263 g/mol. The van der Waals surface area contributed by atoms with E-state index in [0.717, 1.165) is 24.3 Å². The van der Waals surface area contributed by atoms with E-state index < -0.39 is 0 Å². The van der Waals surface area contributed by atoms with Crippen molar-refractivity contribution in [2.75, 3.05) is 5.75 Å². The predicted molar refractivity (Wildman–Crippen MR) is 82.2 cm³/mol. The highest BCUT2D eigenvalue weighted by atomic mass is 32.2. The van der Waals surface area contributed by atoms with Crippen LogP contribution in [-0.4, -0.2) is 17.0 Å². The van der Waals surface area contributed by atoms with Crippen LogP contribution in [0.2, 0.25) is 0 Å². The Labute approximate surface area is 116 Å². The van der Waals surface area contributed by atoms with Crippen LogP contribution in [0.5, 0.6) is 0 Å². The van der Waals surface area contributed by atoms with Gasteiger partial charge in [-0.25, -0.2) is 0 Å². The molecule has 1 saturated carbocycles. The van der Waals surface area contributed by atoms with Gasteiger partial charge in [-0.3, -0.25) is 0 Å². The average Bonchev–Trinajstić information content (AvgIpc) is 2.85. The summed E-state index contributed by atoms with van der Waals surface area (Å²) in [5, 5.41) is 4.61. The number of benzene rings is 1. The Morgan fingerprint density at radius 3 is 2.50 bits per heavy atom. The highest BCUT2D eigenvalue weighted by Crippen LogP contribution is 2.29. The molecule has 2 atom stereocenters. The number of rotatable bonds is 6. The molecule has 18 heavy (non-hydrogen) atoms. The fourth-order valence-corrected chi connectivity index (χ4v) is 3.81. The average molecular weight is 263 g/mol. The van der Waals surface area contributed by atoms with Gasteiger partial charge in [0, 0.05) is 17.8 Å². The van der Waals surface area contributed by atoms with Gasteiger partial charge in [-0.2, -0.15) is 11.8 Å². The van der Waals surface area contributed by atoms with Crippen molar-refractivity contribution in [3.05, 3.63) is 35.4 Å². The summed E-state index contributed by atoms with van der Waals surface area (Å²) in [6, 6.07) is 9.76. The van der Waals surface area contributed by atoms with Crippen molar-refractivity contribution in [3.63, 3.8) is 0 Å². The smallest absolute Gasteiger partial charge is 0.0208 e. The first-order chi connectivity index (χ1) is 8.81. The van der Waals surface area contributed by atoms with Gasteiger partial charge in [-0.1, -0.05) is 38.1 Å². The lowest BCUT2D eigenvalue weighted by atomic mass is 10.1. The van der Waals surface area contributed by atoms with E-state index in [9.17, 15) is 0 Å². The second-order valence-electron chi connectivity index (χ2n) is 5.14. The summed E-state index contributed by atoms with van der Waals surface area (Å²) in [5.41, 5.74) is 2.85. The Kier molecular flexibility index (Phi) is 5.58. The van der Waals surface area contributed by atoms with Gasteiger partial charge >= 0.3 is 0 Å². The molecule has 0 bridgehead atoms. The molecule has 1 aliphatic carbocycles. The summed E-state index contributed by atoms with van der Waals surface area (Å²) in [5.74, 6) is 1.26. The van der Waals surface area contributed by atoms with Crippen LogP contribution >= 0.6 is 11.8 Å². The van der Waals surface area contributed by atoms with Gasteiger partial charge in [0.05, 0.1) is 0 Å². The van der Waals surface area contributed by atoms with Crippen LogP contribution in [-0.2, 0) is 13.0 Å². The van der Waals surface area contributed by atoms with Crippen molar-refractivity contribution >= 4 is 11.8 Å². The van der Waals surface area contributed by atoms with Crippen LogP contribution in [0.1, 0.15) is 44.2 Å². The normalized spacial score (nSPS) is 23.4. The third kappa shape index (κ3) is 4.03. The molecule has 1 fully saturated rings. The first-order valence-electron chi connectivity index (χ1n) is 7.24. The molecule has 2 heteroatoms. The van der Waals surface area contributed by atoms with Gasteiger partial charge in [-0.05, 0) is 42.6 Å². The van der Waals surface area contributed by atoms with Crippen molar-refractivity contribution in [1.29, 1.82) is 0 Å². The first-order valence-corrected chi connectivity index (χ1v) is 8.29. The van der Waals surface area contributed by atoms with Crippen LogP contribution in [0.4, 0.5) is 0 Å². The summed E-state index contributed by atoms with van der Waals surface area (Å²) in [6.07, 6.45) is 5.23. The molecule has 1 N–H and O–H groups in total. The molecule has 0 spiro atoms. The zero-order chi connectivity index (χ0) is 12.8. The maximum Gasteiger partial charge on any atom is 0.0208 e. The molecule has 0 aliphatic heterocycles. The zero-order valence-corrected chi connectivity index (χ0v) is 12.4. The van der Waals surface area contributed by atoms with Crippen molar-refractivity contribution in [2.45, 2.75) is 57.4 Å². The number of hydrogen-bond acceptors (Lipinski definition) is 2. The lowest BCUT2D eigenvalue weighted by molar-refractivity contribution is 0.525. The maximum atomic E-state index is 3.71. The molecule has 0 saturated heterocycles. The highest BCUT2D eigenvalue weighted by molar-refractivity contribution is 7.99. The topological polar surface area (TPSA) is 12.0 Å². The standard InChI is InChI=1S/C16H25NS/c1-3-13-5-7-14(8-6-13)12-17-15-9-10-16(11-15)18-4-2/h5-8,15-17H,3-4,9-12H2,1-2H3. The SMILES string of the molecule is CCSC1CCC(NCc2ccc(CC)cc2)C1. The summed E-state index contributed by atoms with van der Waals surface area (Å²) in [4.78, 5) is 0. The molecule has 100 valence electrons. The van der Waals surface area contributed by atoms with Crippen molar-refractivity contribution in [1.82, 2.24) is 5.32 Å². The molecule has 1 aliphatic rings. The molecular weight excluding hydrogens is 238 g/mol. The highest BCUT2D eigenvalue weighted by Gasteiger charge is 2.23. The summed E-state index contributed by atoms with van der Waals surface area (Å²) >= 11 is 2.13. The minimum Gasteiger partial charge on any atom is -0.310 e. The van der Waals surface area contributed by atoms with Crippen LogP contribution in [0.15, 0.2) is 24.3 Å². The van der Waals surface area contributed by atoms with E-state index >= 15 is 0 Å². The van der Waals surface area contributed by atoms with E-state index in [4.69, 9.17) is 0 Å². The van der Waals surface area contributed by atoms with Gasteiger partial charge in [0.25, 0.3) is 0 Å². The predicted octanol–water partition coefficient (Wildman–Crippen LogP) is 4.01. The maximum absolute atomic E-state index is 3.71. The zero-order valence-electron chi connectivity index (χ0n) is 11.6. The van der Waals surface area contributed by atoms with Crippen LogP contribution in [0.25, 0.3) is 0 Å². The lowest BCUT2D eigenvalue weighted by Crippen LogP contribution is -2.26. The molecule has 0 radical (unpaired) electrons. The third-order valence-corrected chi connectivity index (χ3v) is 5.05. The second-order valence-corrected chi connectivity index (χ2v) is 6.72. The summed E-state index contributed by atoms with van der Waals surface area (Å²) in [7, 11) is 0. The fraction of sp³-hybridized carbons (Fsp3) is 0.625. The second kappa shape index (κ2) is 7.20. The Hall–Kier alpha value is -0.470. The number of thioether (sulfide) groups is 1. The van der Waals surface area contributed by atoms with E-state index in [1.807, 2.05) is 0 Å². The molecule has 2 unspecified atom stereocenters. The van der Waals surface area contributed by atoms with E-state index in [1.165, 1.54) is 36.1 Å². The quantitative estimate of drug-likeness (QED) is 0.832. The van der Waals surface area contributed by atoms with Crippen LogP contribution < -0.4 is 5.32 Å². The van der Waals surface area contributed by atoms with E-state index in [2.05, 4.69) is 55.2 Å². The molecule has 1 aromatic rings. The molecule has 2 rings (SSSR count). The van der Waals surface area contributed by atoms with Gasteiger partial charge in [0.15, 0.2) is 0 Å². The van der Waals surface area contributed by atoms with Gasteiger partial charge in [0.1, 0.15) is 0 Å². The van der Waals surface area contributed by atoms with Crippen molar-refractivity contribution < 1.29 is 0 Å². The molecule has 1 aromatic carbocycles. The van der Waals surface area contributed by atoms with E-state index in [1.54, 1.807) is 0 Å². The number of nitrogens with one attached hydrogen (secondary N) is 1. The van der Waals surface area contributed by atoms with Gasteiger partial charge < -0.3 is 5.32 Å². The Balaban J connectivity index is 1.74. The van der Waals surface area contributed by atoms with Crippen LogP contribution in [0.3, 0.4) is 0 Å². The molecule has 1 nitrogen and oxygen atoms in total. The largest absolute Gasteiger partial charge is 0.310 e. The molecule has 0 aromatic heterocycles. The van der Waals surface area contributed by atoms with Crippen molar-refractivity contribution in [2.24, 2.45) is 0 Å². The van der Waals surface area contributed by atoms with E-state index in [0.29, 0.717) is 0 Å². The fourth-order valence-electron chi connectivity index (χ4n) is 2.67. The molecular formula is C16H25NS. The summed E-state index contributed by atoms with van der Waals surface area (Å²) in [6.45, 7) is 5.50. The third-order valence-electron chi connectivity index (χ3n) is 3.81. The van der Waals surface area contributed by atoms with Gasteiger partial charge in [0.2, 0.25) is 0 Å². The summed E-state index contributed by atoms with van der Waals surface area (Å²) < 4.78 is 0. The number of aryl methyl sites for hydroxylation is 1. The minimum absolute atomic E-state index is 0.736. The molecule has 0 amide bonds. The molecule has 0 heterocycles. The first kappa shape index (κ1) is 14.0.